The van der Waals surface area contributed by atoms with Crippen LogP contribution in [0.2, 0.25) is 0 Å². The summed E-state index contributed by atoms with van der Waals surface area (Å²) >= 11 is 0. The molecule has 7 heteroatoms. The number of aryl methyl sites for hydroxylation is 1. The van der Waals surface area contributed by atoms with Gasteiger partial charge in [0.2, 0.25) is 5.91 Å². The SMILES string of the molecule is CCc1nc(CCN2CCCCCC2=O)n(-c2ccc(F)cc2F)n1. The molecule has 134 valence electrons. The van der Waals surface area contributed by atoms with Crippen molar-refractivity contribution in [3.8, 4) is 5.69 Å². The molecule has 1 fully saturated rings. The van der Waals surface area contributed by atoms with Crippen molar-refractivity contribution in [2.75, 3.05) is 13.1 Å². The minimum Gasteiger partial charge on any atom is -0.342 e. The summed E-state index contributed by atoms with van der Waals surface area (Å²) < 4.78 is 28.8. The molecule has 3 rings (SSSR count). The van der Waals surface area contributed by atoms with Gasteiger partial charge in [0.25, 0.3) is 0 Å². The number of hydrogen-bond acceptors (Lipinski definition) is 3. The van der Waals surface area contributed by atoms with Crippen molar-refractivity contribution >= 4 is 5.91 Å². The molecule has 0 aliphatic carbocycles. The van der Waals surface area contributed by atoms with Crippen LogP contribution in [-0.2, 0) is 17.6 Å². The number of likely N-dealkylation sites (tertiary alicyclic amines) is 1. The number of aromatic nitrogens is 3. The predicted molar refractivity (Wildman–Crippen MR) is 89.4 cm³/mol. The summed E-state index contributed by atoms with van der Waals surface area (Å²) in [5.74, 6) is 0.0287. The Labute approximate surface area is 145 Å². The molecule has 1 saturated heterocycles. The third-order valence-electron chi connectivity index (χ3n) is 4.45. The fraction of sp³-hybridized carbons (Fsp3) is 0.500. The van der Waals surface area contributed by atoms with Gasteiger partial charge in [-0.15, -0.1) is 0 Å². The molecule has 1 amide bonds. The van der Waals surface area contributed by atoms with Crippen molar-refractivity contribution in [2.45, 2.75) is 45.4 Å². The van der Waals surface area contributed by atoms with Crippen LogP contribution in [0, 0.1) is 11.6 Å². The van der Waals surface area contributed by atoms with E-state index in [9.17, 15) is 13.6 Å². The molecule has 1 aromatic heterocycles. The van der Waals surface area contributed by atoms with Gasteiger partial charge in [-0.25, -0.2) is 18.4 Å². The Bertz CT molecular complexity index is 760. The summed E-state index contributed by atoms with van der Waals surface area (Å²) in [6.07, 6.45) is 4.69. The monoisotopic (exact) mass is 348 g/mol. The van der Waals surface area contributed by atoms with Gasteiger partial charge in [-0.1, -0.05) is 13.3 Å². The largest absolute Gasteiger partial charge is 0.342 e. The first kappa shape index (κ1) is 17.5. The Hall–Kier alpha value is -2.31. The minimum atomic E-state index is -0.681. The first-order valence-electron chi connectivity index (χ1n) is 8.76. The lowest BCUT2D eigenvalue weighted by molar-refractivity contribution is -0.130. The number of nitrogens with zero attached hydrogens (tertiary/aromatic N) is 4. The molecule has 2 aromatic rings. The normalized spacial score (nSPS) is 15.5. The lowest BCUT2D eigenvalue weighted by Crippen LogP contribution is -2.32. The zero-order chi connectivity index (χ0) is 17.8. The Morgan fingerprint density at radius 1 is 1.20 bits per heavy atom. The molecular weight excluding hydrogens is 326 g/mol. The summed E-state index contributed by atoms with van der Waals surface area (Å²) in [5.41, 5.74) is 0.172. The summed E-state index contributed by atoms with van der Waals surface area (Å²) in [6, 6.07) is 3.40. The number of benzene rings is 1. The van der Waals surface area contributed by atoms with E-state index >= 15 is 0 Å². The molecule has 0 radical (unpaired) electrons. The molecule has 5 nitrogen and oxygen atoms in total. The molecule has 2 heterocycles. The highest BCUT2D eigenvalue weighted by Crippen LogP contribution is 2.18. The zero-order valence-electron chi connectivity index (χ0n) is 14.3. The van der Waals surface area contributed by atoms with Crippen LogP contribution in [0.1, 0.15) is 44.3 Å². The fourth-order valence-electron chi connectivity index (χ4n) is 3.06. The number of carbonyl (C=O) groups excluding carboxylic acids is 1. The molecule has 1 aromatic carbocycles. The first-order valence-corrected chi connectivity index (χ1v) is 8.76. The van der Waals surface area contributed by atoms with E-state index in [0.29, 0.717) is 37.5 Å². The fourth-order valence-corrected chi connectivity index (χ4v) is 3.06. The van der Waals surface area contributed by atoms with E-state index in [-0.39, 0.29) is 11.6 Å². The van der Waals surface area contributed by atoms with Crippen LogP contribution >= 0.6 is 0 Å². The van der Waals surface area contributed by atoms with E-state index < -0.39 is 11.6 Å². The van der Waals surface area contributed by atoms with E-state index in [1.807, 2.05) is 11.8 Å². The minimum absolute atomic E-state index is 0.159. The average molecular weight is 348 g/mol. The lowest BCUT2D eigenvalue weighted by atomic mass is 10.2. The van der Waals surface area contributed by atoms with Crippen molar-refractivity contribution in [3.63, 3.8) is 0 Å². The molecule has 0 unspecified atom stereocenters. The number of carbonyl (C=O) groups is 1. The highest BCUT2D eigenvalue weighted by molar-refractivity contribution is 5.76. The maximum atomic E-state index is 14.1. The standard InChI is InChI=1S/C18H22F2N4O/c1-2-16-21-17(9-11-23-10-5-3-4-6-18(23)25)24(22-16)15-8-7-13(19)12-14(15)20/h7-8,12H,2-6,9-11H2,1H3. The average Bonchev–Trinajstić information content (AvgIpc) is 2.88. The number of halogens is 2. The Balaban J connectivity index is 1.83. The van der Waals surface area contributed by atoms with Crippen LogP contribution in [0.15, 0.2) is 18.2 Å². The van der Waals surface area contributed by atoms with Gasteiger partial charge < -0.3 is 4.90 Å². The molecule has 0 atom stereocenters. The predicted octanol–water partition coefficient (Wildman–Crippen LogP) is 3.05. The van der Waals surface area contributed by atoms with Gasteiger partial charge in [-0.3, -0.25) is 4.79 Å². The van der Waals surface area contributed by atoms with Gasteiger partial charge in [-0.05, 0) is 25.0 Å². The summed E-state index contributed by atoms with van der Waals surface area (Å²) in [4.78, 5) is 18.4. The van der Waals surface area contributed by atoms with Crippen molar-refractivity contribution in [3.05, 3.63) is 41.5 Å². The summed E-state index contributed by atoms with van der Waals surface area (Å²) in [7, 11) is 0. The van der Waals surface area contributed by atoms with Crippen LogP contribution in [0.5, 0.6) is 0 Å². The molecule has 0 bridgehead atoms. The second kappa shape index (κ2) is 7.72. The zero-order valence-corrected chi connectivity index (χ0v) is 14.3. The van der Waals surface area contributed by atoms with E-state index in [4.69, 9.17) is 0 Å². The highest BCUT2D eigenvalue weighted by atomic mass is 19.1. The number of rotatable bonds is 5. The molecule has 1 aliphatic heterocycles. The van der Waals surface area contributed by atoms with E-state index in [0.717, 1.165) is 31.9 Å². The number of amides is 1. The van der Waals surface area contributed by atoms with Crippen molar-refractivity contribution < 1.29 is 13.6 Å². The van der Waals surface area contributed by atoms with Gasteiger partial charge in [-0.2, -0.15) is 5.10 Å². The maximum Gasteiger partial charge on any atom is 0.222 e. The molecule has 0 N–H and O–H groups in total. The molecule has 0 spiro atoms. The molecule has 0 saturated carbocycles. The molecule has 25 heavy (non-hydrogen) atoms. The maximum absolute atomic E-state index is 14.1. The van der Waals surface area contributed by atoms with E-state index in [2.05, 4.69) is 10.1 Å². The second-order valence-corrected chi connectivity index (χ2v) is 6.25. The third kappa shape index (κ3) is 4.03. The number of hydrogen-bond donors (Lipinski definition) is 0. The van der Waals surface area contributed by atoms with Crippen molar-refractivity contribution in [1.29, 1.82) is 0 Å². The van der Waals surface area contributed by atoms with Gasteiger partial charge in [0.15, 0.2) is 11.6 Å². The van der Waals surface area contributed by atoms with Gasteiger partial charge in [0.05, 0.1) is 0 Å². The highest BCUT2D eigenvalue weighted by Gasteiger charge is 2.19. The van der Waals surface area contributed by atoms with E-state index in [1.165, 1.54) is 16.8 Å². The molecular formula is C18H22F2N4O. The Morgan fingerprint density at radius 2 is 2.04 bits per heavy atom. The van der Waals surface area contributed by atoms with Crippen LogP contribution < -0.4 is 0 Å². The topological polar surface area (TPSA) is 51.0 Å². The third-order valence-corrected chi connectivity index (χ3v) is 4.45. The Morgan fingerprint density at radius 3 is 2.80 bits per heavy atom. The van der Waals surface area contributed by atoms with E-state index in [1.54, 1.807) is 0 Å². The smallest absolute Gasteiger partial charge is 0.222 e. The van der Waals surface area contributed by atoms with Gasteiger partial charge in [0, 0.05) is 38.4 Å². The van der Waals surface area contributed by atoms with Crippen LogP contribution in [0.3, 0.4) is 0 Å². The van der Waals surface area contributed by atoms with Crippen LogP contribution in [0.4, 0.5) is 8.78 Å². The van der Waals surface area contributed by atoms with Gasteiger partial charge in [0.1, 0.15) is 17.3 Å². The first-order chi connectivity index (χ1) is 12.1. The molecule has 1 aliphatic rings. The Kier molecular flexibility index (Phi) is 5.40. The van der Waals surface area contributed by atoms with Gasteiger partial charge >= 0.3 is 0 Å². The summed E-state index contributed by atoms with van der Waals surface area (Å²) in [5, 5.41) is 4.33. The lowest BCUT2D eigenvalue weighted by Gasteiger charge is -2.20. The van der Waals surface area contributed by atoms with Crippen LogP contribution in [-0.4, -0.2) is 38.7 Å². The quantitative estimate of drug-likeness (QED) is 0.834. The van der Waals surface area contributed by atoms with Crippen molar-refractivity contribution in [1.82, 2.24) is 19.7 Å². The summed E-state index contributed by atoms with van der Waals surface area (Å²) in [6.45, 7) is 3.20. The second-order valence-electron chi connectivity index (χ2n) is 6.25. The van der Waals surface area contributed by atoms with Crippen LogP contribution in [0.25, 0.3) is 5.69 Å². The van der Waals surface area contributed by atoms with Crippen molar-refractivity contribution in [2.24, 2.45) is 0 Å².